The van der Waals surface area contributed by atoms with Gasteiger partial charge in [0.05, 0.1) is 12.2 Å². The largest absolute Gasteiger partial charge is 0.477 e. The molecule has 0 aliphatic rings. The molecule has 0 amide bonds. The summed E-state index contributed by atoms with van der Waals surface area (Å²) in [7, 11) is 0. The van der Waals surface area contributed by atoms with E-state index in [1.165, 1.54) is 6.07 Å². The smallest absolute Gasteiger partial charge is 0.417 e. The van der Waals surface area contributed by atoms with Crippen molar-refractivity contribution in [3.8, 4) is 5.88 Å². The molecule has 14 heavy (non-hydrogen) atoms. The molecule has 0 aromatic carbocycles. The number of pyridine rings is 1. The van der Waals surface area contributed by atoms with Crippen LogP contribution in [0.3, 0.4) is 0 Å². The maximum Gasteiger partial charge on any atom is 0.417 e. The molecule has 1 heterocycles. The summed E-state index contributed by atoms with van der Waals surface area (Å²) >= 11 is 4.60. The molecule has 0 N–H and O–H groups in total. The standard InChI is InChI=1S/C8H7F3NOS/c9-8(10,11)6-1-2-7(12-5-6)13-3-4-14/h1-2,5H,3-4H2. The molecule has 1 aromatic heterocycles. The van der Waals surface area contributed by atoms with Gasteiger partial charge >= 0.3 is 6.18 Å². The molecule has 1 rings (SSSR count). The minimum absolute atomic E-state index is 0.155. The summed E-state index contributed by atoms with van der Waals surface area (Å²) < 4.78 is 41.2. The van der Waals surface area contributed by atoms with Crippen LogP contribution in [0.25, 0.3) is 0 Å². The Labute approximate surface area is 84.5 Å². The third kappa shape index (κ3) is 3.10. The Balaban J connectivity index is 2.69. The van der Waals surface area contributed by atoms with Crippen molar-refractivity contribution in [2.45, 2.75) is 6.18 Å². The predicted octanol–water partition coefficient (Wildman–Crippen LogP) is 2.68. The number of hydrogen-bond donors (Lipinski definition) is 0. The number of halogens is 3. The Morgan fingerprint density at radius 3 is 2.50 bits per heavy atom. The van der Waals surface area contributed by atoms with Gasteiger partial charge in [-0.15, -0.1) is 0 Å². The van der Waals surface area contributed by atoms with Gasteiger partial charge in [-0.2, -0.15) is 13.2 Å². The van der Waals surface area contributed by atoms with Crippen molar-refractivity contribution < 1.29 is 17.9 Å². The molecule has 1 radical (unpaired) electrons. The van der Waals surface area contributed by atoms with Crippen LogP contribution in [0.1, 0.15) is 5.56 Å². The van der Waals surface area contributed by atoms with Crippen LogP contribution < -0.4 is 4.74 Å². The van der Waals surface area contributed by atoms with Crippen molar-refractivity contribution in [3.05, 3.63) is 23.9 Å². The van der Waals surface area contributed by atoms with Crippen LogP contribution in [-0.2, 0) is 6.18 Å². The lowest BCUT2D eigenvalue weighted by atomic mass is 10.3. The van der Waals surface area contributed by atoms with Crippen LogP contribution >= 0.6 is 12.6 Å². The van der Waals surface area contributed by atoms with Crippen LogP contribution in [0.15, 0.2) is 18.3 Å². The van der Waals surface area contributed by atoms with E-state index in [4.69, 9.17) is 4.74 Å². The average Bonchev–Trinajstić information content (AvgIpc) is 2.14. The predicted molar refractivity (Wildman–Crippen MR) is 47.2 cm³/mol. The van der Waals surface area contributed by atoms with Gasteiger partial charge in [-0.05, 0) is 6.07 Å². The molecule has 0 spiro atoms. The molecule has 0 bridgehead atoms. The highest BCUT2D eigenvalue weighted by Crippen LogP contribution is 2.29. The molecule has 0 aliphatic heterocycles. The number of nitrogens with zero attached hydrogens (tertiary/aromatic N) is 1. The van der Waals surface area contributed by atoms with Gasteiger partial charge in [-0.3, -0.25) is 0 Å². The van der Waals surface area contributed by atoms with Gasteiger partial charge in [0.25, 0.3) is 0 Å². The highest BCUT2D eigenvalue weighted by Gasteiger charge is 2.30. The molecule has 0 atom stereocenters. The molecular formula is C8H7F3NOS. The van der Waals surface area contributed by atoms with E-state index in [-0.39, 0.29) is 12.5 Å². The first-order valence-electron chi connectivity index (χ1n) is 3.78. The fourth-order valence-corrected chi connectivity index (χ4v) is 0.863. The van der Waals surface area contributed by atoms with E-state index < -0.39 is 11.7 Å². The minimum atomic E-state index is -4.36. The zero-order chi connectivity index (χ0) is 10.6. The minimum Gasteiger partial charge on any atom is -0.477 e. The third-order valence-corrected chi connectivity index (χ3v) is 1.56. The van der Waals surface area contributed by atoms with E-state index in [9.17, 15) is 13.2 Å². The average molecular weight is 222 g/mol. The fourth-order valence-electron chi connectivity index (χ4n) is 0.780. The lowest BCUT2D eigenvalue weighted by Crippen LogP contribution is -2.06. The van der Waals surface area contributed by atoms with Crippen molar-refractivity contribution in [2.75, 3.05) is 12.4 Å². The van der Waals surface area contributed by atoms with Gasteiger partial charge < -0.3 is 4.74 Å². The zero-order valence-electron chi connectivity index (χ0n) is 7.04. The van der Waals surface area contributed by atoms with Crippen molar-refractivity contribution in [3.63, 3.8) is 0 Å². The van der Waals surface area contributed by atoms with E-state index in [1.54, 1.807) is 0 Å². The van der Waals surface area contributed by atoms with Crippen molar-refractivity contribution in [1.29, 1.82) is 0 Å². The van der Waals surface area contributed by atoms with Gasteiger partial charge in [-0.25, -0.2) is 4.98 Å². The topological polar surface area (TPSA) is 22.1 Å². The highest BCUT2D eigenvalue weighted by molar-refractivity contribution is 7.80. The highest BCUT2D eigenvalue weighted by atomic mass is 32.1. The Kier molecular flexibility index (Phi) is 3.62. The molecule has 77 valence electrons. The summed E-state index contributed by atoms with van der Waals surface area (Å²) in [5, 5.41) is 0. The number of ether oxygens (including phenoxy) is 1. The number of hydrogen-bond acceptors (Lipinski definition) is 2. The van der Waals surface area contributed by atoms with E-state index in [0.717, 1.165) is 12.3 Å². The quantitative estimate of drug-likeness (QED) is 0.784. The van der Waals surface area contributed by atoms with Crippen molar-refractivity contribution in [1.82, 2.24) is 4.98 Å². The zero-order valence-corrected chi connectivity index (χ0v) is 7.86. The van der Waals surface area contributed by atoms with Gasteiger partial charge in [-0.1, -0.05) is 12.6 Å². The molecule has 2 nitrogen and oxygen atoms in total. The van der Waals surface area contributed by atoms with Gasteiger partial charge in [0.1, 0.15) is 0 Å². The van der Waals surface area contributed by atoms with E-state index in [0.29, 0.717) is 5.75 Å². The maximum atomic E-state index is 12.1. The molecule has 0 unspecified atom stereocenters. The Morgan fingerprint density at radius 1 is 1.36 bits per heavy atom. The van der Waals surface area contributed by atoms with Crippen LogP contribution in [0.4, 0.5) is 13.2 Å². The Bertz CT molecular complexity index is 286. The molecule has 0 saturated heterocycles. The van der Waals surface area contributed by atoms with Crippen molar-refractivity contribution >= 4 is 12.6 Å². The summed E-state index contributed by atoms with van der Waals surface area (Å²) in [4.78, 5) is 3.49. The first-order chi connectivity index (χ1) is 6.54. The maximum absolute atomic E-state index is 12.1. The van der Waals surface area contributed by atoms with Crippen LogP contribution in [-0.4, -0.2) is 17.3 Å². The van der Waals surface area contributed by atoms with Gasteiger partial charge in [0, 0.05) is 18.0 Å². The molecule has 1 aromatic rings. The van der Waals surface area contributed by atoms with E-state index >= 15 is 0 Å². The molecule has 0 fully saturated rings. The first-order valence-corrected chi connectivity index (χ1v) is 4.36. The van der Waals surface area contributed by atoms with Crippen molar-refractivity contribution in [2.24, 2.45) is 0 Å². The molecule has 6 heteroatoms. The SMILES string of the molecule is FC(F)(F)c1ccc(OCC[S])nc1. The van der Waals surface area contributed by atoms with Gasteiger partial charge in [0.2, 0.25) is 5.88 Å². The van der Waals surface area contributed by atoms with Crippen LogP contribution in [0, 0.1) is 0 Å². The Morgan fingerprint density at radius 2 is 2.07 bits per heavy atom. The third-order valence-electron chi connectivity index (χ3n) is 1.40. The fraction of sp³-hybridized carbons (Fsp3) is 0.375. The summed E-state index contributed by atoms with van der Waals surface area (Å²) in [5.41, 5.74) is -0.789. The van der Waals surface area contributed by atoms with Gasteiger partial charge in [0.15, 0.2) is 0 Å². The number of alkyl halides is 3. The van der Waals surface area contributed by atoms with E-state index in [1.807, 2.05) is 0 Å². The molecular weight excluding hydrogens is 215 g/mol. The summed E-state index contributed by atoms with van der Waals surface area (Å²) in [6, 6.07) is 2.10. The lowest BCUT2D eigenvalue weighted by molar-refractivity contribution is -0.137. The second-order valence-corrected chi connectivity index (χ2v) is 2.84. The summed E-state index contributed by atoms with van der Waals surface area (Å²) in [6.07, 6.45) is -3.62. The second kappa shape index (κ2) is 4.54. The summed E-state index contributed by atoms with van der Waals surface area (Å²) in [5.74, 6) is 0.533. The monoisotopic (exact) mass is 222 g/mol. The number of aromatic nitrogens is 1. The normalized spacial score (nSPS) is 11.4. The summed E-state index contributed by atoms with van der Waals surface area (Å²) in [6.45, 7) is 0.272. The second-order valence-electron chi connectivity index (χ2n) is 2.44. The van der Waals surface area contributed by atoms with E-state index in [2.05, 4.69) is 17.6 Å². The molecule has 0 aliphatic carbocycles. The molecule has 0 saturated carbocycles. The first kappa shape index (κ1) is 11.2. The van der Waals surface area contributed by atoms with Crippen LogP contribution in [0.2, 0.25) is 0 Å². The lowest BCUT2D eigenvalue weighted by Gasteiger charge is -2.07. The Hall–Kier alpha value is -0.910. The van der Waals surface area contributed by atoms with Crippen LogP contribution in [0.5, 0.6) is 5.88 Å². The number of rotatable bonds is 3.